The molecule has 0 spiro atoms. The van der Waals surface area contributed by atoms with Crippen LogP contribution in [0.5, 0.6) is 0 Å². The highest BCUT2D eigenvalue weighted by atomic mass is 16.1. The molecule has 3 nitrogen and oxygen atoms in total. The normalized spacial score (nSPS) is 14.3. The first-order valence-electron chi connectivity index (χ1n) is 4.49. The molecule has 0 saturated carbocycles. The predicted octanol–water partition coefficient (Wildman–Crippen LogP) is 0.737. The molecule has 0 aromatic rings. The Labute approximate surface area is 75.1 Å². The first-order chi connectivity index (χ1) is 5.48. The first-order valence-corrected chi connectivity index (χ1v) is 4.49. The van der Waals surface area contributed by atoms with Crippen molar-refractivity contribution in [2.24, 2.45) is 5.73 Å². The Morgan fingerprint density at radius 1 is 1.33 bits per heavy atom. The largest absolute Gasteiger partial charge is 0.316 e. The van der Waals surface area contributed by atoms with E-state index in [0.717, 1.165) is 30.0 Å². The summed E-state index contributed by atoms with van der Waals surface area (Å²) in [6, 6.07) is 0. The average Bonchev–Trinajstić information content (AvgIpc) is 1.96. The van der Waals surface area contributed by atoms with Gasteiger partial charge in [0.15, 0.2) is 0 Å². The van der Waals surface area contributed by atoms with Gasteiger partial charge < -0.3 is 9.28 Å². The monoisotopic (exact) mass is 173 g/mol. The number of nitrogens with two attached hydrogens (primary N) is 1. The molecule has 1 unspecified atom stereocenters. The number of hydrogen-bond acceptors (Lipinski definition) is 2. The molecule has 3 heteroatoms. The molecule has 0 aromatic heterocycles. The van der Waals surface area contributed by atoms with Crippen molar-refractivity contribution < 1.29 is 9.28 Å². The quantitative estimate of drug-likeness (QED) is 0.278. The maximum absolute atomic E-state index is 10.0. The number of quaternary nitrogens is 1. The molecule has 0 bridgehead atoms. The Morgan fingerprint density at radius 2 is 1.92 bits per heavy atom. The lowest BCUT2D eigenvalue weighted by Crippen LogP contribution is -2.50. The fourth-order valence-electron chi connectivity index (χ4n) is 0.968. The Kier molecular flexibility index (Phi) is 5.09. The summed E-state index contributed by atoms with van der Waals surface area (Å²) < 4.78 is 0.793. The van der Waals surface area contributed by atoms with Gasteiger partial charge in [-0.15, -0.1) is 0 Å². The molecular weight excluding hydrogens is 152 g/mol. The van der Waals surface area contributed by atoms with Gasteiger partial charge in [0.1, 0.15) is 12.5 Å². The van der Waals surface area contributed by atoms with E-state index in [-0.39, 0.29) is 6.17 Å². The van der Waals surface area contributed by atoms with Gasteiger partial charge in [0, 0.05) is 12.8 Å². The van der Waals surface area contributed by atoms with Crippen LogP contribution in [0.1, 0.15) is 25.7 Å². The number of hydrogen-bond donors (Lipinski definition) is 1. The predicted molar refractivity (Wildman–Crippen MR) is 50.5 cm³/mol. The zero-order valence-corrected chi connectivity index (χ0v) is 8.42. The summed E-state index contributed by atoms with van der Waals surface area (Å²) in [6.45, 7) is 0. The molecule has 0 aliphatic carbocycles. The summed E-state index contributed by atoms with van der Waals surface area (Å²) in [4.78, 5) is 10.0. The van der Waals surface area contributed by atoms with Crippen molar-refractivity contribution in [2.45, 2.75) is 31.8 Å². The lowest BCUT2D eigenvalue weighted by Gasteiger charge is -2.31. The topological polar surface area (TPSA) is 43.1 Å². The van der Waals surface area contributed by atoms with Crippen LogP contribution in [0.2, 0.25) is 0 Å². The Morgan fingerprint density at radius 3 is 2.33 bits per heavy atom. The van der Waals surface area contributed by atoms with Gasteiger partial charge in [-0.1, -0.05) is 0 Å². The van der Waals surface area contributed by atoms with E-state index >= 15 is 0 Å². The van der Waals surface area contributed by atoms with Crippen molar-refractivity contribution in [3.8, 4) is 0 Å². The Balaban J connectivity index is 3.44. The van der Waals surface area contributed by atoms with Crippen molar-refractivity contribution in [2.75, 3.05) is 21.1 Å². The molecule has 0 aliphatic rings. The highest BCUT2D eigenvalue weighted by Crippen LogP contribution is 2.06. The van der Waals surface area contributed by atoms with E-state index < -0.39 is 0 Å². The third kappa shape index (κ3) is 5.27. The van der Waals surface area contributed by atoms with Crippen molar-refractivity contribution >= 4 is 6.29 Å². The van der Waals surface area contributed by atoms with Crippen LogP contribution in [0.3, 0.4) is 0 Å². The van der Waals surface area contributed by atoms with Gasteiger partial charge in [0.25, 0.3) is 0 Å². The van der Waals surface area contributed by atoms with E-state index in [2.05, 4.69) is 21.1 Å². The molecule has 0 heterocycles. The van der Waals surface area contributed by atoms with E-state index in [1.807, 2.05) is 0 Å². The molecule has 0 aromatic carbocycles. The second-order valence-electron chi connectivity index (χ2n) is 4.13. The van der Waals surface area contributed by atoms with E-state index in [1.54, 1.807) is 0 Å². The van der Waals surface area contributed by atoms with Crippen molar-refractivity contribution in [3.05, 3.63) is 0 Å². The molecule has 0 fully saturated rings. The maximum Gasteiger partial charge on any atom is 0.139 e. The van der Waals surface area contributed by atoms with Crippen molar-refractivity contribution in [1.29, 1.82) is 0 Å². The van der Waals surface area contributed by atoms with Gasteiger partial charge in [-0.05, 0) is 12.8 Å². The van der Waals surface area contributed by atoms with Crippen molar-refractivity contribution in [3.63, 3.8) is 0 Å². The molecule has 72 valence electrons. The zero-order valence-electron chi connectivity index (χ0n) is 8.42. The number of carbonyl (C=O) groups excluding carboxylic acids is 1. The third-order valence-corrected chi connectivity index (χ3v) is 2.07. The van der Waals surface area contributed by atoms with E-state index in [1.165, 1.54) is 0 Å². The second kappa shape index (κ2) is 5.27. The van der Waals surface area contributed by atoms with Crippen LogP contribution >= 0.6 is 0 Å². The molecule has 0 aliphatic heterocycles. The van der Waals surface area contributed by atoms with Gasteiger partial charge >= 0.3 is 0 Å². The summed E-state index contributed by atoms with van der Waals surface area (Å²) >= 11 is 0. The highest BCUT2D eigenvalue weighted by molar-refractivity contribution is 5.48. The number of rotatable bonds is 6. The van der Waals surface area contributed by atoms with Crippen LogP contribution in [0.15, 0.2) is 0 Å². The zero-order chi connectivity index (χ0) is 9.61. The minimum Gasteiger partial charge on any atom is -0.316 e. The average molecular weight is 173 g/mol. The smallest absolute Gasteiger partial charge is 0.139 e. The molecule has 1 atom stereocenters. The minimum atomic E-state index is 0.191. The Bertz CT molecular complexity index is 129. The standard InChI is InChI=1S/C9H21N2O/c1-11(2,3)9(10)7-5-4-6-8-12/h8-9H,4-7,10H2,1-3H3/q+1. The molecule has 12 heavy (non-hydrogen) atoms. The molecule has 0 saturated heterocycles. The summed E-state index contributed by atoms with van der Waals surface area (Å²) in [5, 5.41) is 0. The number of unbranched alkanes of at least 4 members (excludes halogenated alkanes) is 2. The summed E-state index contributed by atoms with van der Waals surface area (Å²) in [5.41, 5.74) is 5.92. The summed E-state index contributed by atoms with van der Waals surface area (Å²) in [7, 11) is 6.26. The van der Waals surface area contributed by atoms with E-state index in [4.69, 9.17) is 5.73 Å². The van der Waals surface area contributed by atoms with Crippen LogP contribution in [0.4, 0.5) is 0 Å². The van der Waals surface area contributed by atoms with Crippen LogP contribution in [-0.2, 0) is 4.79 Å². The lowest BCUT2D eigenvalue weighted by molar-refractivity contribution is -0.896. The van der Waals surface area contributed by atoms with Crippen LogP contribution < -0.4 is 5.73 Å². The second-order valence-corrected chi connectivity index (χ2v) is 4.13. The SMILES string of the molecule is C[N+](C)(C)C(N)CCCCC=O. The molecule has 0 amide bonds. The van der Waals surface area contributed by atoms with Crippen LogP contribution in [0.25, 0.3) is 0 Å². The highest BCUT2D eigenvalue weighted by Gasteiger charge is 2.17. The van der Waals surface area contributed by atoms with Crippen molar-refractivity contribution in [1.82, 2.24) is 0 Å². The molecule has 0 radical (unpaired) electrons. The van der Waals surface area contributed by atoms with E-state index in [9.17, 15) is 4.79 Å². The van der Waals surface area contributed by atoms with Gasteiger partial charge in [0.2, 0.25) is 0 Å². The van der Waals surface area contributed by atoms with E-state index in [0.29, 0.717) is 6.42 Å². The molecule has 2 N–H and O–H groups in total. The Hall–Kier alpha value is -0.410. The summed E-state index contributed by atoms with van der Waals surface area (Å²) in [6.07, 6.45) is 4.85. The van der Waals surface area contributed by atoms with Crippen LogP contribution in [-0.4, -0.2) is 38.1 Å². The van der Waals surface area contributed by atoms with Gasteiger partial charge in [-0.3, -0.25) is 5.73 Å². The lowest BCUT2D eigenvalue weighted by atomic mass is 10.1. The number of carbonyl (C=O) groups is 1. The summed E-state index contributed by atoms with van der Waals surface area (Å²) in [5.74, 6) is 0. The van der Waals surface area contributed by atoms with Gasteiger partial charge in [-0.2, -0.15) is 0 Å². The number of aldehydes is 1. The minimum absolute atomic E-state index is 0.191. The number of nitrogens with zero attached hydrogens (tertiary/aromatic N) is 1. The molecular formula is C9H21N2O+. The third-order valence-electron chi connectivity index (χ3n) is 2.07. The van der Waals surface area contributed by atoms with Gasteiger partial charge in [0.05, 0.1) is 21.1 Å². The van der Waals surface area contributed by atoms with Crippen LogP contribution in [0, 0.1) is 0 Å². The van der Waals surface area contributed by atoms with Gasteiger partial charge in [-0.25, -0.2) is 0 Å². The fourth-order valence-corrected chi connectivity index (χ4v) is 0.968. The fraction of sp³-hybridized carbons (Fsp3) is 0.889. The maximum atomic E-state index is 10.0. The molecule has 0 rings (SSSR count). The first kappa shape index (κ1) is 11.6.